The Kier molecular flexibility index (Phi) is 17.5. The summed E-state index contributed by atoms with van der Waals surface area (Å²) in [6.07, 6.45) is -1.39. The van der Waals surface area contributed by atoms with Gasteiger partial charge in [-0.2, -0.15) is 0 Å². The number of carboxylic acid groups (broad SMARTS) is 4. The fraction of sp³-hybridized carbons (Fsp3) is 0.733. The molecule has 0 rings (SSSR count). The number of hydrogen-bond donors (Lipinski definition) is 4. The minimum absolute atomic E-state index is 0.0140. The summed E-state index contributed by atoms with van der Waals surface area (Å²) in [5.74, 6) is -10.1. The second kappa shape index (κ2) is 19.3. The van der Waals surface area contributed by atoms with Gasteiger partial charge < -0.3 is 50.1 Å². The summed E-state index contributed by atoms with van der Waals surface area (Å²) in [5.41, 5.74) is -2.43. The average Bonchev–Trinajstić information content (AvgIpc) is 2.96. The Bertz CT molecular complexity index is 1120. The minimum atomic E-state index is -1.66. The van der Waals surface area contributed by atoms with Gasteiger partial charge in [-0.3, -0.25) is 24.0 Å². The maximum Gasteiger partial charge on any atom is 0.326 e. The first kappa shape index (κ1) is 41.8. The van der Waals surface area contributed by atoms with Gasteiger partial charge in [-0.05, 0) is 44.9 Å². The van der Waals surface area contributed by atoms with Crippen LogP contribution in [0.1, 0.15) is 92.9 Å². The van der Waals surface area contributed by atoms with Crippen LogP contribution in [-0.2, 0) is 47.8 Å². The third kappa shape index (κ3) is 14.7. The first-order valence-electron chi connectivity index (χ1n) is 15.0. The van der Waals surface area contributed by atoms with E-state index in [0.29, 0.717) is 0 Å². The molecule has 0 spiro atoms. The number of hydrogen-bond acceptors (Lipinski definition) is 12. The van der Waals surface area contributed by atoms with Crippen LogP contribution in [0.25, 0.3) is 0 Å². The Hall–Kier alpha value is -4.24. The molecule has 0 saturated carbocycles. The Labute approximate surface area is 267 Å². The molecule has 5 atom stereocenters. The lowest BCUT2D eigenvalue weighted by atomic mass is 9.78. The quantitative estimate of drug-likeness (QED) is 0.0770. The first-order chi connectivity index (χ1) is 21.2. The first-order valence-corrected chi connectivity index (χ1v) is 15.0. The molecule has 16 heteroatoms. The van der Waals surface area contributed by atoms with Gasteiger partial charge in [0.25, 0.3) is 0 Å². The Morgan fingerprint density at radius 2 is 1.28 bits per heavy atom. The summed E-state index contributed by atoms with van der Waals surface area (Å²) < 4.78 is 10.4. The fourth-order valence-electron chi connectivity index (χ4n) is 4.53. The largest absolute Gasteiger partial charge is 0.550 e. The molecule has 0 aromatic carbocycles. The third-order valence-corrected chi connectivity index (χ3v) is 7.73. The predicted molar refractivity (Wildman–Crippen MR) is 154 cm³/mol. The highest BCUT2D eigenvalue weighted by Gasteiger charge is 2.37. The van der Waals surface area contributed by atoms with Crippen LogP contribution in [0.15, 0.2) is 0 Å². The molecule has 0 aliphatic rings. The Morgan fingerprint density at radius 3 is 1.74 bits per heavy atom. The molecular formula is C30H46N2O14-2. The summed E-state index contributed by atoms with van der Waals surface area (Å²) in [6.45, 7) is 8.75. The van der Waals surface area contributed by atoms with Crippen LogP contribution < -0.4 is 20.8 Å². The van der Waals surface area contributed by atoms with Gasteiger partial charge in [0.1, 0.15) is 19.3 Å². The molecule has 46 heavy (non-hydrogen) atoms. The van der Waals surface area contributed by atoms with Crippen molar-refractivity contribution in [1.29, 1.82) is 0 Å². The van der Waals surface area contributed by atoms with Gasteiger partial charge in [0, 0.05) is 23.2 Å². The molecule has 16 nitrogen and oxygen atoms in total. The van der Waals surface area contributed by atoms with Crippen LogP contribution in [0.5, 0.6) is 0 Å². The molecule has 0 aromatic rings. The zero-order valence-electron chi connectivity index (χ0n) is 27.2. The Morgan fingerprint density at radius 1 is 0.761 bits per heavy atom. The van der Waals surface area contributed by atoms with Crippen molar-refractivity contribution in [2.24, 2.45) is 22.7 Å². The summed E-state index contributed by atoms with van der Waals surface area (Å²) in [4.78, 5) is 95.2. The SMILES string of the molecule is CCC(CC(C)(C)C(=O)NC(CCC(=O)O)C(=O)O)C(=O)OCCOC(=O)C(C)CC(C)(CC)C(=O)NC(CCC(=O)[O-])C(=O)[O-]. The van der Waals surface area contributed by atoms with Crippen molar-refractivity contribution >= 4 is 47.6 Å². The minimum Gasteiger partial charge on any atom is -0.550 e. The van der Waals surface area contributed by atoms with Gasteiger partial charge in [0.15, 0.2) is 0 Å². The second-order valence-corrected chi connectivity index (χ2v) is 12.1. The molecule has 0 fully saturated rings. The van der Waals surface area contributed by atoms with Gasteiger partial charge in [0.05, 0.1) is 23.8 Å². The van der Waals surface area contributed by atoms with E-state index in [-0.39, 0.29) is 45.3 Å². The number of ether oxygens (including phenoxy) is 2. The molecule has 2 amide bonds. The number of aliphatic carboxylic acids is 4. The van der Waals surface area contributed by atoms with Crippen molar-refractivity contribution in [3.05, 3.63) is 0 Å². The summed E-state index contributed by atoms with van der Waals surface area (Å²) >= 11 is 0. The molecule has 0 bridgehead atoms. The number of nitrogens with one attached hydrogen (secondary N) is 2. The van der Waals surface area contributed by atoms with Crippen molar-refractivity contribution in [1.82, 2.24) is 10.6 Å². The van der Waals surface area contributed by atoms with E-state index in [9.17, 15) is 53.7 Å². The van der Waals surface area contributed by atoms with Crippen LogP contribution in [0, 0.1) is 22.7 Å². The van der Waals surface area contributed by atoms with E-state index >= 15 is 0 Å². The molecule has 0 aromatic heterocycles. The number of carbonyl (C=O) groups excluding carboxylic acids is 6. The van der Waals surface area contributed by atoms with Crippen LogP contribution in [0.4, 0.5) is 0 Å². The van der Waals surface area contributed by atoms with Crippen molar-refractivity contribution < 1.29 is 68.3 Å². The van der Waals surface area contributed by atoms with E-state index in [2.05, 4.69) is 10.6 Å². The second-order valence-electron chi connectivity index (χ2n) is 12.1. The van der Waals surface area contributed by atoms with E-state index in [4.69, 9.17) is 14.6 Å². The summed E-state index contributed by atoms with van der Waals surface area (Å²) in [6, 6.07) is -2.98. The lowest BCUT2D eigenvalue weighted by Gasteiger charge is -2.32. The van der Waals surface area contributed by atoms with Crippen molar-refractivity contribution in [2.45, 2.75) is 105 Å². The van der Waals surface area contributed by atoms with E-state index in [1.165, 1.54) is 27.7 Å². The molecular weight excluding hydrogens is 612 g/mol. The van der Waals surface area contributed by atoms with Gasteiger partial charge in [-0.1, -0.05) is 41.5 Å². The standard InChI is InChI=1S/C30H48N2O14/c1-7-18(16-29(4,5)27(43)31-19(23(37)38)9-11-21(33)34)26(42)46-14-13-45-25(41)17(3)15-30(6,8-2)28(44)32-20(24(39)40)10-12-22(35)36/h17-20H,7-16H2,1-6H3,(H,31,43)(H,32,44)(H,33,34)(H,35,36)(H,37,38)(H,39,40)/p-2. The van der Waals surface area contributed by atoms with Crippen LogP contribution >= 0.6 is 0 Å². The zero-order chi connectivity index (χ0) is 35.8. The van der Waals surface area contributed by atoms with Crippen LogP contribution in [0.2, 0.25) is 0 Å². The van der Waals surface area contributed by atoms with Crippen LogP contribution in [-0.4, -0.2) is 83.1 Å². The lowest BCUT2D eigenvalue weighted by Crippen LogP contribution is -2.52. The smallest absolute Gasteiger partial charge is 0.326 e. The number of esters is 2. The number of rotatable bonds is 23. The topological polar surface area (TPSA) is 266 Å². The van der Waals surface area contributed by atoms with E-state index < -0.39 is 102 Å². The molecule has 4 N–H and O–H groups in total. The van der Waals surface area contributed by atoms with Crippen molar-refractivity contribution in [3.8, 4) is 0 Å². The molecule has 0 radical (unpaired) electrons. The summed E-state index contributed by atoms with van der Waals surface area (Å²) in [5, 5.41) is 44.7. The van der Waals surface area contributed by atoms with E-state index in [1.807, 2.05) is 0 Å². The lowest BCUT2D eigenvalue weighted by molar-refractivity contribution is -0.310. The number of carboxylic acids is 4. The molecule has 0 aliphatic carbocycles. The molecule has 5 unspecified atom stereocenters. The molecule has 0 heterocycles. The maximum atomic E-state index is 12.9. The predicted octanol–water partition coefficient (Wildman–Crippen LogP) is -0.843. The third-order valence-electron chi connectivity index (χ3n) is 7.73. The highest BCUT2D eigenvalue weighted by Crippen LogP contribution is 2.31. The van der Waals surface area contributed by atoms with Gasteiger partial charge in [0.2, 0.25) is 11.8 Å². The average molecular weight is 659 g/mol. The molecule has 0 aliphatic heterocycles. The highest BCUT2D eigenvalue weighted by atomic mass is 16.6. The van der Waals surface area contributed by atoms with E-state index in [1.54, 1.807) is 13.8 Å². The summed E-state index contributed by atoms with van der Waals surface area (Å²) in [7, 11) is 0. The van der Waals surface area contributed by atoms with Crippen LogP contribution in [0.3, 0.4) is 0 Å². The fourth-order valence-corrected chi connectivity index (χ4v) is 4.53. The number of amides is 2. The van der Waals surface area contributed by atoms with Gasteiger partial charge in [-0.15, -0.1) is 0 Å². The molecule has 0 saturated heterocycles. The zero-order valence-corrected chi connectivity index (χ0v) is 27.2. The highest BCUT2D eigenvalue weighted by molar-refractivity contribution is 5.88. The maximum absolute atomic E-state index is 12.9. The monoisotopic (exact) mass is 658 g/mol. The Balaban J connectivity index is 5.02. The van der Waals surface area contributed by atoms with Gasteiger partial charge in [-0.25, -0.2) is 4.79 Å². The van der Waals surface area contributed by atoms with Gasteiger partial charge >= 0.3 is 23.9 Å². The van der Waals surface area contributed by atoms with Crippen molar-refractivity contribution in [2.75, 3.05) is 13.2 Å². The van der Waals surface area contributed by atoms with E-state index in [0.717, 1.165) is 0 Å². The van der Waals surface area contributed by atoms with Crippen molar-refractivity contribution in [3.63, 3.8) is 0 Å². The normalized spacial score (nSPS) is 15.2. The number of carbonyl (C=O) groups is 8. The molecule has 262 valence electrons.